The van der Waals surface area contributed by atoms with Gasteiger partial charge in [0.25, 0.3) is 12.3 Å². The van der Waals surface area contributed by atoms with E-state index in [2.05, 4.69) is 38.3 Å². The van der Waals surface area contributed by atoms with E-state index in [-0.39, 0.29) is 54.1 Å². The highest BCUT2D eigenvalue weighted by atomic mass is 35.5. The molecule has 0 atom stereocenters. The molecule has 1 amide bonds. The fourth-order valence-corrected chi connectivity index (χ4v) is 7.24. The second kappa shape index (κ2) is 27.0. The predicted octanol–water partition coefficient (Wildman–Crippen LogP) is 13.2. The number of nitrogens with one attached hydrogen (secondary N) is 1. The van der Waals surface area contributed by atoms with Gasteiger partial charge in [0.1, 0.15) is 52.9 Å². The lowest BCUT2D eigenvalue weighted by molar-refractivity contribution is -0.133. The average Bonchev–Trinajstić information content (AvgIpc) is 3.82. The maximum atomic E-state index is 13.1. The van der Waals surface area contributed by atoms with Gasteiger partial charge in [-0.3, -0.25) is 9.48 Å². The van der Waals surface area contributed by atoms with Crippen LogP contribution < -0.4 is 14.8 Å². The van der Waals surface area contributed by atoms with Crippen LogP contribution in [0.5, 0.6) is 23.3 Å². The summed E-state index contributed by atoms with van der Waals surface area (Å²) >= 11 is 22.8. The maximum Gasteiger partial charge on any atom is 0.341 e. The molecule has 7 rings (SSSR count). The third-order valence-electron chi connectivity index (χ3n) is 10.0. The highest BCUT2D eigenvalue weighted by molar-refractivity contribution is 6.50. The van der Waals surface area contributed by atoms with Crippen LogP contribution in [-0.4, -0.2) is 58.6 Å². The molecule has 2 aromatic heterocycles. The number of alkyl halides is 2. The van der Waals surface area contributed by atoms with Gasteiger partial charge in [0.2, 0.25) is 11.8 Å². The molecule has 2 heterocycles. The monoisotopic (exact) mass is 1090 g/mol. The molecule has 0 fully saturated rings. The molecule has 0 bridgehead atoms. The second-order valence-corrected chi connectivity index (χ2v) is 17.0. The molecule has 0 saturated heterocycles. The molecule has 0 aliphatic heterocycles. The SMILES string of the molecule is CO/C=C(/C(=O)OC)c1ccccc1Oc1cc(Oc2ccccc2C#N)ncn1.COC(C)(C)C#Cc1ccc(-c2ccc(NC(=O)c3cn(C)nc3C(F)F)cc2)cc1.N#Cc1c(Cl)c(Cl)c(Cl)c(C#N)c1Cl. The molecule has 15 nitrogen and oxygen atoms in total. The second-order valence-electron chi connectivity index (χ2n) is 15.5. The summed E-state index contributed by atoms with van der Waals surface area (Å²) in [5.41, 5.74) is 3.06. The number of nitriles is 3. The average molecular weight is 1090 g/mol. The fraction of sp³-hybridized carbons (Fsp3) is 0.148. The number of aryl methyl sites for hydroxylation is 1. The molecule has 21 heteroatoms. The van der Waals surface area contributed by atoms with Crippen molar-refractivity contribution >= 4 is 69.5 Å². The highest BCUT2D eigenvalue weighted by Gasteiger charge is 2.24. The summed E-state index contributed by atoms with van der Waals surface area (Å²) in [6.45, 7) is 3.80. The summed E-state index contributed by atoms with van der Waals surface area (Å²) in [5, 5.41) is 32.7. The number of nitrogens with zero attached hydrogens (tertiary/aromatic N) is 7. The Kier molecular flexibility index (Phi) is 20.6. The van der Waals surface area contributed by atoms with Gasteiger partial charge in [-0.1, -0.05) is 113 Å². The molecule has 1 N–H and O–H groups in total. The van der Waals surface area contributed by atoms with Gasteiger partial charge in [-0.2, -0.15) is 20.9 Å². The molecule has 0 aliphatic rings. The van der Waals surface area contributed by atoms with Crippen molar-refractivity contribution in [3.63, 3.8) is 0 Å². The number of halogens is 6. The fourth-order valence-electron chi connectivity index (χ4n) is 6.17. The first kappa shape index (κ1) is 57.4. The molecule has 0 radical (unpaired) electrons. The minimum absolute atomic E-state index is 0.0363. The first-order valence-corrected chi connectivity index (χ1v) is 23.1. The van der Waals surface area contributed by atoms with Crippen molar-refractivity contribution in [2.24, 2.45) is 7.05 Å². The Morgan fingerprint density at radius 3 is 1.84 bits per heavy atom. The van der Waals surface area contributed by atoms with Crippen molar-refractivity contribution in [1.29, 1.82) is 15.8 Å². The lowest BCUT2D eigenvalue weighted by atomic mass is 10.0. The van der Waals surface area contributed by atoms with E-state index in [0.717, 1.165) is 16.7 Å². The van der Waals surface area contributed by atoms with E-state index in [0.29, 0.717) is 28.3 Å². The van der Waals surface area contributed by atoms with Crippen LogP contribution in [0.2, 0.25) is 20.1 Å². The summed E-state index contributed by atoms with van der Waals surface area (Å²) in [6, 6.07) is 35.6. The molecule has 5 aromatic carbocycles. The number of ether oxygens (including phenoxy) is 5. The normalized spacial score (nSPS) is 10.6. The van der Waals surface area contributed by atoms with Crippen molar-refractivity contribution in [2.45, 2.75) is 25.9 Å². The van der Waals surface area contributed by atoms with Crippen LogP contribution in [0.4, 0.5) is 14.5 Å². The number of para-hydroxylation sites is 2. The Hall–Kier alpha value is -8.52. The maximum absolute atomic E-state index is 13.1. The number of benzene rings is 5. The summed E-state index contributed by atoms with van der Waals surface area (Å²) in [4.78, 5) is 32.6. The predicted molar refractivity (Wildman–Crippen MR) is 279 cm³/mol. The number of hydrogen-bond donors (Lipinski definition) is 1. The summed E-state index contributed by atoms with van der Waals surface area (Å²) in [5.74, 6) is 6.06. The van der Waals surface area contributed by atoms with Gasteiger partial charge in [0.15, 0.2) is 0 Å². The lowest BCUT2D eigenvalue weighted by Gasteiger charge is -2.14. The van der Waals surface area contributed by atoms with E-state index in [1.807, 2.05) is 50.2 Å². The Labute approximate surface area is 450 Å². The van der Waals surface area contributed by atoms with E-state index in [9.17, 15) is 23.6 Å². The molecule has 0 unspecified atom stereocenters. The number of hydrogen-bond acceptors (Lipinski definition) is 13. The standard InChI is InChI=1S/C24H23F2N3O2.C22H17N3O5.C8Cl4N2/c1-24(2,31-4)14-13-16-5-7-17(8-6-16)18-9-11-19(12-10-18)27-23(30)20-15-29(3)28-21(20)22(25)26;1-27-13-17(22(26)28-2)16-8-4-6-10-19(16)30-21-11-20(24-14-25-21)29-18-9-5-3-7-15(18)12-23;9-5-3(1-13)6(10)8(12)7(11)4(5)2-14/h5-12,15,22H,1-4H3,(H,27,30);3-11,13-14H,1-2H3;/b;17-13+;. The van der Waals surface area contributed by atoms with Gasteiger partial charge in [-0.05, 0) is 67.4 Å². The Morgan fingerprint density at radius 1 is 0.733 bits per heavy atom. The zero-order valence-electron chi connectivity index (χ0n) is 40.4. The van der Waals surface area contributed by atoms with E-state index in [4.69, 9.17) is 80.6 Å². The molecule has 75 heavy (non-hydrogen) atoms. The quantitative estimate of drug-likeness (QED) is 0.0302. The summed E-state index contributed by atoms with van der Waals surface area (Å²) < 4.78 is 54.0. The first-order chi connectivity index (χ1) is 35.9. The molecule has 0 spiro atoms. The van der Waals surface area contributed by atoms with E-state index in [1.54, 1.807) is 79.9 Å². The van der Waals surface area contributed by atoms with Crippen LogP contribution in [0.3, 0.4) is 0 Å². The van der Waals surface area contributed by atoms with Crippen LogP contribution in [0, 0.1) is 45.8 Å². The summed E-state index contributed by atoms with van der Waals surface area (Å²) in [6.07, 6.45) is 1.01. The zero-order chi connectivity index (χ0) is 54.8. The number of carbonyl (C=O) groups is 2. The first-order valence-electron chi connectivity index (χ1n) is 21.5. The van der Waals surface area contributed by atoms with Crippen molar-refractivity contribution < 1.29 is 42.1 Å². The molecular weight excluding hydrogens is 1050 g/mol. The van der Waals surface area contributed by atoms with E-state index >= 15 is 0 Å². The number of carbonyl (C=O) groups excluding carboxylic acids is 2. The third-order valence-corrected chi connectivity index (χ3v) is 11.8. The smallest absolute Gasteiger partial charge is 0.341 e. The number of esters is 1. The van der Waals surface area contributed by atoms with E-state index in [1.165, 1.54) is 50.8 Å². The molecule has 7 aromatic rings. The van der Waals surface area contributed by atoms with Crippen molar-refractivity contribution in [3.05, 3.63) is 181 Å². The van der Waals surface area contributed by atoms with Gasteiger partial charge < -0.3 is 29.0 Å². The topological polar surface area (TPSA) is 207 Å². The Morgan fingerprint density at radius 2 is 1.29 bits per heavy atom. The minimum Gasteiger partial charge on any atom is -0.503 e. The van der Waals surface area contributed by atoms with Gasteiger partial charge in [0, 0.05) is 37.2 Å². The Bertz CT molecular complexity index is 3390. The molecular formula is C54H40Cl4F2N8O7. The number of aromatic nitrogens is 4. The van der Waals surface area contributed by atoms with Crippen LogP contribution in [0.15, 0.2) is 122 Å². The third kappa shape index (κ3) is 15.3. The summed E-state index contributed by atoms with van der Waals surface area (Å²) in [7, 11) is 5.83. The van der Waals surface area contributed by atoms with Crippen LogP contribution >= 0.6 is 46.4 Å². The Balaban J connectivity index is 0.000000223. The largest absolute Gasteiger partial charge is 0.503 e. The molecule has 0 saturated carbocycles. The van der Waals surface area contributed by atoms with Gasteiger partial charge in [0.05, 0.1) is 68.9 Å². The van der Waals surface area contributed by atoms with E-state index < -0.39 is 29.6 Å². The van der Waals surface area contributed by atoms with Crippen molar-refractivity contribution in [3.8, 4) is 64.4 Å². The van der Waals surface area contributed by atoms with Crippen LogP contribution in [-0.2, 0) is 26.1 Å². The van der Waals surface area contributed by atoms with Crippen molar-refractivity contribution in [2.75, 3.05) is 26.6 Å². The van der Waals surface area contributed by atoms with Crippen LogP contribution in [0.1, 0.15) is 64.1 Å². The van der Waals surface area contributed by atoms with Gasteiger partial charge >= 0.3 is 5.97 Å². The van der Waals surface area contributed by atoms with Gasteiger partial charge in [-0.25, -0.2) is 23.5 Å². The minimum atomic E-state index is -2.82. The van der Waals surface area contributed by atoms with Crippen molar-refractivity contribution in [1.82, 2.24) is 19.7 Å². The lowest BCUT2D eigenvalue weighted by Crippen LogP contribution is -2.19. The molecule has 380 valence electrons. The highest BCUT2D eigenvalue weighted by Crippen LogP contribution is 2.40. The zero-order valence-corrected chi connectivity index (χ0v) is 43.4. The number of rotatable bonds is 12. The number of amides is 1. The number of methoxy groups -OCH3 is 3. The number of anilines is 1. The van der Waals surface area contributed by atoms with Crippen LogP contribution in [0.25, 0.3) is 16.7 Å². The van der Waals surface area contributed by atoms with Gasteiger partial charge in [-0.15, -0.1) is 0 Å². The molecule has 0 aliphatic carbocycles.